The molecule has 0 bridgehead atoms. The lowest BCUT2D eigenvalue weighted by molar-refractivity contribution is -0.117. The molecule has 0 aliphatic carbocycles. The van der Waals surface area contributed by atoms with Gasteiger partial charge in [0.1, 0.15) is 10.8 Å². The Labute approximate surface area is 115 Å². The first-order chi connectivity index (χ1) is 9.34. The topological polar surface area (TPSA) is 120 Å². The van der Waals surface area contributed by atoms with Gasteiger partial charge in [0.2, 0.25) is 15.9 Å². The summed E-state index contributed by atoms with van der Waals surface area (Å²) < 4.78 is 27.3. The Balaban J connectivity index is 2.38. The van der Waals surface area contributed by atoms with Crippen molar-refractivity contribution in [3.63, 3.8) is 0 Å². The van der Waals surface area contributed by atoms with Crippen molar-refractivity contribution in [1.29, 1.82) is 0 Å². The average Bonchev–Trinajstić information content (AvgIpc) is 2.80. The number of sulfonamides is 1. The van der Waals surface area contributed by atoms with Gasteiger partial charge >= 0.3 is 5.97 Å². The van der Waals surface area contributed by atoms with Gasteiger partial charge in [0.15, 0.2) is 0 Å². The van der Waals surface area contributed by atoms with Crippen LogP contribution in [0.3, 0.4) is 0 Å². The Kier molecular flexibility index (Phi) is 3.73. The molecule has 20 heavy (non-hydrogen) atoms. The van der Waals surface area contributed by atoms with E-state index >= 15 is 0 Å². The Morgan fingerprint density at radius 1 is 1.55 bits per heavy atom. The maximum absolute atomic E-state index is 11.9. The Bertz CT molecular complexity index is 658. The second-order valence-corrected chi connectivity index (χ2v) is 6.15. The van der Waals surface area contributed by atoms with E-state index in [1.165, 1.54) is 30.5 Å². The highest BCUT2D eigenvalue weighted by Crippen LogP contribution is 2.27. The normalized spacial score (nSPS) is 19.2. The number of nitrogens with two attached hydrogens (primary N) is 1. The fourth-order valence-corrected chi connectivity index (χ4v) is 2.75. The van der Waals surface area contributed by atoms with E-state index < -0.39 is 27.1 Å². The number of carbonyl (C=O) groups is 2. The van der Waals surface area contributed by atoms with E-state index in [0.717, 1.165) is 0 Å². The van der Waals surface area contributed by atoms with Gasteiger partial charge < -0.3 is 9.64 Å². The molecule has 1 aromatic heterocycles. The molecule has 2 rings (SSSR count). The zero-order valence-electron chi connectivity index (χ0n) is 10.6. The standard InChI is InChI=1S/C11H13N3O5S/c1-19-11(16)8-5-13-3-2-9(8)14-6-7(4-10(14)15)20(12,17)18/h2-3,5,7H,4,6H2,1H3,(H2,12,17,18). The first kappa shape index (κ1) is 14.4. The van der Waals surface area contributed by atoms with Crippen LogP contribution in [0, 0.1) is 0 Å². The van der Waals surface area contributed by atoms with E-state index in [1.807, 2.05) is 0 Å². The van der Waals surface area contributed by atoms with Crippen molar-refractivity contribution < 1.29 is 22.7 Å². The third-order valence-electron chi connectivity index (χ3n) is 3.05. The number of hydrogen-bond acceptors (Lipinski definition) is 6. The summed E-state index contributed by atoms with van der Waals surface area (Å²) in [7, 11) is -2.60. The first-order valence-corrected chi connectivity index (χ1v) is 7.30. The van der Waals surface area contributed by atoms with E-state index in [2.05, 4.69) is 9.72 Å². The van der Waals surface area contributed by atoms with Crippen LogP contribution in [0.1, 0.15) is 16.8 Å². The Morgan fingerprint density at radius 3 is 2.80 bits per heavy atom. The molecule has 1 saturated heterocycles. The minimum Gasteiger partial charge on any atom is -0.465 e. The molecule has 2 heterocycles. The highest BCUT2D eigenvalue weighted by Gasteiger charge is 2.38. The highest BCUT2D eigenvalue weighted by molar-refractivity contribution is 7.89. The molecule has 9 heteroatoms. The molecular formula is C11H13N3O5S. The largest absolute Gasteiger partial charge is 0.465 e. The third-order valence-corrected chi connectivity index (χ3v) is 4.29. The number of hydrogen-bond donors (Lipinski definition) is 1. The van der Waals surface area contributed by atoms with Crippen molar-refractivity contribution in [2.75, 3.05) is 18.6 Å². The molecule has 1 amide bonds. The molecule has 1 aliphatic heterocycles. The van der Waals surface area contributed by atoms with Crippen LogP contribution in [0.4, 0.5) is 5.69 Å². The summed E-state index contributed by atoms with van der Waals surface area (Å²) in [6.07, 6.45) is 2.46. The van der Waals surface area contributed by atoms with Gasteiger partial charge in [-0.3, -0.25) is 9.78 Å². The Hall–Kier alpha value is -2.00. The summed E-state index contributed by atoms with van der Waals surface area (Å²) in [5, 5.41) is 4.08. The number of ether oxygens (including phenoxy) is 1. The SMILES string of the molecule is COC(=O)c1cnccc1N1CC(S(N)(=O)=O)CC1=O. The summed E-state index contributed by atoms with van der Waals surface area (Å²) in [5.74, 6) is -1.07. The number of pyridine rings is 1. The third kappa shape index (κ3) is 2.63. The van der Waals surface area contributed by atoms with Gasteiger partial charge in [-0.25, -0.2) is 18.4 Å². The quantitative estimate of drug-likeness (QED) is 0.734. The lowest BCUT2D eigenvalue weighted by Crippen LogP contribution is -2.32. The molecule has 1 aromatic rings. The monoisotopic (exact) mass is 299 g/mol. The average molecular weight is 299 g/mol. The predicted molar refractivity (Wildman–Crippen MR) is 69.4 cm³/mol. The molecular weight excluding hydrogens is 286 g/mol. The summed E-state index contributed by atoms with van der Waals surface area (Å²) >= 11 is 0. The van der Waals surface area contributed by atoms with Gasteiger partial charge in [-0.05, 0) is 6.07 Å². The number of rotatable bonds is 3. The second kappa shape index (κ2) is 5.17. The van der Waals surface area contributed by atoms with Crippen molar-refractivity contribution in [2.24, 2.45) is 5.14 Å². The van der Waals surface area contributed by atoms with Gasteiger partial charge in [-0.2, -0.15) is 0 Å². The zero-order chi connectivity index (χ0) is 14.9. The molecule has 1 atom stereocenters. The highest BCUT2D eigenvalue weighted by atomic mass is 32.2. The number of aromatic nitrogens is 1. The number of carbonyl (C=O) groups excluding carboxylic acids is 2. The van der Waals surface area contributed by atoms with Crippen LogP contribution in [0.15, 0.2) is 18.5 Å². The van der Waals surface area contributed by atoms with Crippen molar-refractivity contribution >= 4 is 27.6 Å². The summed E-state index contributed by atoms with van der Waals surface area (Å²) in [5.41, 5.74) is 0.362. The fraction of sp³-hybridized carbons (Fsp3) is 0.364. The van der Waals surface area contributed by atoms with Gasteiger partial charge in [0.25, 0.3) is 0 Å². The summed E-state index contributed by atoms with van der Waals surface area (Å²) in [6.45, 7) is -0.0916. The van der Waals surface area contributed by atoms with Gasteiger partial charge in [-0.1, -0.05) is 0 Å². The minimum absolute atomic E-state index is 0.0916. The van der Waals surface area contributed by atoms with Crippen LogP contribution in [0.5, 0.6) is 0 Å². The van der Waals surface area contributed by atoms with Crippen molar-refractivity contribution in [3.05, 3.63) is 24.0 Å². The van der Waals surface area contributed by atoms with Crippen molar-refractivity contribution in [1.82, 2.24) is 4.98 Å². The summed E-state index contributed by atoms with van der Waals surface area (Å²) in [4.78, 5) is 28.6. The number of esters is 1. The van der Waals surface area contributed by atoms with Crippen LogP contribution < -0.4 is 10.0 Å². The molecule has 1 unspecified atom stereocenters. The lowest BCUT2D eigenvalue weighted by Gasteiger charge is -2.18. The minimum atomic E-state index is -3.81. The van der Waals surface area contributed by atoms with E-state index in [0.29, 0.717) is 0 Å². The molecule has 2 N–H and O–H groups in total. The number of amides is 1. The van der Waals surface area contributed by atoms with E-state index in [4.69, 9.17) is 5.14 Å². The van der Waals surface area contributed by atoms with Gasteiger partial charge in [-0.15, -0.1) is 0 Å². The molecule has 0 aromatic carbocycles. The van der Waals surface area contributed by atoms with Crippen LogP contribution >= 0.6 is 0 Å². The molecule has 0 spiro atoms. The van der Waals surface area contributed by atoms with E-state index in [1.54, 1.807) is 0 Å². The summed E-state index contributed by atoms with van der Waals surface area (Å²) in [6, 6.07) is 1.45. The molecule has 8 nitrogen and oxygen atoms in total. The Morgan fingerprint density at radius 2 is 2.25 bits per heavy atom. The maximum atomic E-state index is 11.9. The fourth-order valence-electron chi connectivity index (χ4n) is 2.02. The molecule has 1 aliphatic rings. The van der Waals surface area contributed by atoms with Crippen molar-refractivity contribution in [2.45, 2.75) is 11.7 Å². The second-order valence-electron chi connectivity index (χ2n) is 4.30. The van der Waals surface area contributed by atoms with Gasteiger partial charge in [0, 0.05) is 25.4 Å². The number of anilines is 1. The van der Waals surface area contributed by atoms with Crippen LogP contribution in [-0.4, -0.2) is 44.2 Å². The number of nitrogens with zero attached hydrogens (tertiary/aromatic N) is 2. The van der Waals surface area contributed by atoms with Crippen LogP contribution in [0.25, 0.3) is 0 Å². The number of primary sulfonamides is 1. The molecule has 1 fully saturated rings. The lowest BCUT2D eigenvalue weighted by atomic mass is 10.2. The zero-order valence-corrected chi connectivity index (χ0v) is 11.5. The predicted octanol–water partition coefficient (Wildman–Crippen LogP) is -0.738. The van der Waals surface area contributed by atoms with Crippen molar-refractivity contribution in [3.8, 4) is 0 Å². The van der Waals surface area contributed by atoms with E-state index in [-0.39, 0.29) is 24.2 Å². The van der Waals surface area contributed by atoms with Gasteiger partial charge in [0.05, 0.1) is 12.8 Å². The molecule has 108 valence electrons. The smallest absolute Gasteiger partial charge is 0.341 e. The molecule has 0 radical (unpaired) electrons. The number of methoxy groups -OCH3 is 1. The van der Waals surface area contributed by atoms with Crippen LogP contribution in [-0.2, 0) is 19.6 Å². The van der Waals surface area contributed by atoms with Crippen LogP contribution in [0.2, 0.25) is 0 Å². The first-order valence-electron chi connectivity index (χ1n) is 5.69. The molecule has 0 saturated carbocycles. The van der Waals surface area contributed by atoms with E-state index in [9.17, 15) is 18.0 Å². The maximum Gasteiger partial charge on any atom is 0.341 e.